The Labute approximate surface area is 152 Å². The van der Waals surface area contributed by atoms with Crippen molar-refractivity contribution >= 4 is 28.2 Å². The SMILES string of the molecule is CC1(C)C[C@@H](C(=O)NNC(=O)C2CC2(F)F)N2C[C@@H]1N(OS(=O)(=O)O)C2=O. The van der Waals surface area contributed by atoms with Gasteiger partial charge in [-0.1, -0.05) is 13.8 Å². The quantitative estimate of drug-likeness (QED) is 0.414. The van der Waals surface area contributed by atoms with Crippen molar-refractivity contribution in [1.82, 2.24) is 20.8 Å². The topological polar surface area (TPSA) is 145 Å². The van der Waals surface area contributed by atoms with Crippen molar-refractivity contribution < 1.29 is 40.4 Å². The zero-order valence-electron chi connectivity index (χ0n) is 14.3. The number of carbonyl (C=O) groups is 3. The van der Waals surface area contributed by atoms with Crippen LogP contribution in [0, 0.1) is 11.3 Å². The smallest absolute Gasteiger partial charge is 0.309 e. The fourth-order valence-electron chi connectivity index (χ4n) is 3.38. The summed E-state index contributed by atoms with van der Waals surface area (Å²) in [6.07, 6.45) is -0.518. The van der Waals surface area contributed by atoms with Gasteiger partial charge in [-0.15, -0.1) is 4.28 Å². The van der Waals surface area contributed by atoms with Crippen LogP contribution < -0.4 is 10.9 Å². The van der Waals surface area contributed by atoms with Crippen molar-refractivity contribution in [3.63, 3.8) is 0 Å². The molecule has 1 saturated carbocycles. The summed E-state index contributed by atoms with van der Waals surface area (Å²) in [6, 6.07) is -2.81. The van der Waals surface area contributed by atoms with Crippen molar-refractivity contribution in [3.8, 4) is 0 Å². The van der Waals surface area contributed by atoms with E-state index in [1.54, 1.807) is 13.8 Å². The highest BCUT2D eigenvalue weighted by atomic mass is 32.3. The van der Waals surface area contributed by atoms with Crippen LogP contribution in [-0.4, -0.2) is 65.3 Å². The third kappa shape index (κ3) is 3.68. The molecule has 3 fully saturated rings. The second-order valence-corrected chi connectivity index (χ2v) is 8.49. The maximum Gasteiger partial charge on any atom is 0.418 e. The molecule has 14 heteroatoms. The first-order valence-electron chi connectivity index (χ1n) is 7.97. The summed E-state index contributed by atoms with van der Waals surface area (Å²) in [5.74, 6) is -6.45. The monoisotopic (exact) mass is 412 g/mol. The first-order chi connectivity index (χ1) is 12.2. The molecule has 1 aliphatic carbocycles. The Bertz CT molecular complexity index is 802. The minimum Gasteiger partial charge on any atom is -0.309 e. The van der Waals surface area contributed by atoms with Crippen molar-refractivity contribution in [2.45, 2.75) is 44.7 Å². The number of urea groups is 1. The highest BCUT2D eigenvalue weighted by molar-refractivity contribution is 7.80. The zero-order chi connectivity index (χ0) is 20.4. The number of hydroxylamine groups is 2. The van der Waals surface area contributed by atoms with Crippen LogP contribution >= 0.6 is 0 Å². The molecule has 1 unspecified atom stereocenters. The largest absolute Gasteiger partial charge is 0.418 e. The first-order valence-corrected chi connectivity index (χ1v) is 9.34. The molecular weight excluding hydrogens is 394 g/mol. The van der Waals surface area contributed by atoms with Gasteiger partial charge in [-0.25, -0.2) is 13.6 Å². The van der Waals surface area contributed by atoms with Crippen molar-refractivity contribution in [1.29, 1.82) is 0 Å². The number of hydrogen-bond acceptors (Lipinski definition) is 6. The summed E-state index contributed by atoms with van der Waals surface area (Å²) in [7, 11) is -4.95. The minimum absolute atomic E-state index is 0.0614. The highest BCUT2D eigenvalue weighted by Crippen LogP contribution is 2.48. The number of halogens is 2. The van der Waals surface area contributed by atoms with Crippen LogP contribution in [0.5, 0.6) is 0 Å². The van der Waals surface area contributed by atoms with E-state index in [2.05, 4.69) is 4.28 Å². The number of carbonyl (C=O) groups excluding carboxylic acids is 3. The van der Waals surface area contributed by atoms with Crippen LogP contribution in [0.3, 0.4) is 0 Å². The van der Waals surface area contributed by atoms with Crippen LogP contribution in [0.15, 0.2) is 0 Å². The molecule has 0 aromatic heterocycles. The number of rotatable bonds is 4. The molecule has 27 heavy (non-hydrogen) atoms. The number of hydrazine groups is 1. The molecule has 0 aromatic rings. The summed E-state index contributed by atoms with van der Waals surface area (Å²) in [6.45, 7) is 3.27. The number of nitrogens with one attached hydrogen (secondary N) is 2. The molecule has 2 heterocycles. The van der Waals surface area contributed by atoms with Gasteiger partial charge in [0.15, 0.2) is 0 Å². The Hall–Kier alpha value is -2.06. The van der Waals surface area contributed by atoms with Gasteiger partial charge >= 0.3 is 16.4 Å². The van der Waals surface area contributed by atoms with Crippen molar-refractivity contribution in [2.75, 3.05) is 6.54 Å². The lowest BCUT2D eigenvalue weighted by Gasteiger charge is -2.40. The number of nitrogens with zero attached hydrogens (tertiary/aromatic N) is 2. The second kappa shape index (κ2) is 5.97. The van der Waals surface area contributed by atoms with E-state index in [4.69, 9.17) is 4.55 Å². The highest BCUT2D eigenvalue weighted by Gasteiger charge is 2.61. The Morgan fingerprint density at radius 2 is 1.78 bits per heavy atom. The molecule has 4 amide bonds. The van der Waals surface area contributed by atoms with Crippen LogP contribution in [0.4, 0.5) is 13.6 Å². The predicted molar refractivity (Wildman–Crippen MR) is 81.9 cm³/mol. The number of alkyl halides is 2. The Morgan fingerprint density at radius 3 is 2.30 bits per heavy atom. The standard InChI is InChI=1S/C13H18F2N4O7S/c1-12(2)4-7(10(21)17-16-9(20)6-3-13(6,14)15)18-5-8(12)19(11(18)22)26-27(23,24)25/h6-8H,3-5H2,1-2H3,(H,16,20)(H,17,21)(H,23,24,25)/t6?,7-,8-/m0/s1. The molecule has 11 nitrogen and oxygen atoms in total. The fourth-order valence-corrected chi connectivity index (χ4v) is 3.75. The number of amides is 4. The molecule has 3 atom stereocenters. The van der Waals surface area contributed by atoms with Crippen LogP contribution in [0.25, 0.3) is 0 Å². The van der Waals surface area contributed by atoms with Gasteiger partial charge in [0.05, 0.1) is 6.04 Å². The number of hydrogen-bond donors (Lipinski definition) is 3. The summed E-state index contributed by atoms with van der Waals surface area (Å²) in [5, 5.41) is 0.492. The molecular formula is C13H18F2N4O7S. The Kier molecular flexibility index (Phi) is 4.35. The van der Waals surface area contributed by atoms with E-state index in [-0.39, 0.29) is 13.0 Å². The fraction of sp³-hybridized carbons (Fsp3) is 0.769. The number of piperidine rings is 1. The Morgan fingerprint density at radius 1 is 1.22 bits per heavy atom. The lowest BCUT2D eigenvalue weighted by Crippen LogP contribution is -2.57. The lowest BCUT2D eigenvalue weighted by atomic mass is 9.76. The predicted octanol–water partition coefficient (Wildman–Crippen LogP) is -0.572. The average Bonchev–Trinajstić information content (AvgIpc) is 3.06. The third-order valence-electron chi connectivity index (χ3n) is 5.01. The molecule has 2 saturated heterocycles. The van der Waals surface area contributed by atoms with Crippen molar-refractivity contribution in [3.05, 3.63) is 0 Å². The normalized spacial score (nSPS) is 30.9. The van der Waals surface area contributed by atoms with Gasteiger partial charge in [-0.05, 0) is 11.8 Å². The van der Waals surface area contributed by atoms with E-state index in [1.807, 2.05) is 10.9 Å². The van der Waals surface area contributed by atoms with Crippen LogP contribution in [-0.2, 0) is 24.3 Å². The van der Waals surface area contributed by atoms with E-state index in [1.165, 1.54) is 0 Å². The number of fused-ring (bicyclic) bond motifs is 2. The van der Waals surface area contributed by atoms with Gasteiger partial charge < -0.3 is 4.90 Å². The van der Waals surface area contributed by atoms with Crippen molar-refractivity contribution in [2.24, 2.45) is 11.3 Å². The molecule has 152 valence electrons. The molecule has 2 aliphatic heterocycles. The zero-order valence-corrected chi connectivity index (χ0v) is 15.1. The summed E-state index contributed by atoms with van der Waals surface area (Å²) < 4.78 is 60.9. The molecule has 0 aromatic carbocycles. The third-order valence-corrected chi connectivity index (χ3v) is 5.36. The van der Waals surface area contributed by atoms with Gasteiger partial charge in [0.1, 0.15) is 12.0 Å². The van der Waals surface area contributed by atoms with Gasteiger partial charge in [0, 0.05) is 13.0 Å². The maximum absolute atomic E-state index is 12.9. The van der Waals surface area contributed by atoms with Gasteiger partial charge in [0.25, 0.3) is 11.8 Å². The lowest BCUT2D eigenvalue weighted by molar-refractivity contribution is -0.134. The van der Waals surface area contributed by atoms with E-state index in [0.717, 1.165) is 4.90 Å². The molecule has 0 spiro atoms. The van der Waals surface area contributed by atoms with E-state index in [9.17, 15) is 31.6 Å². The van der Waals surface area contributed by atoms with E-state index < -0.39 is 64.0 Å². The summed E-state index contributed by atoms with van der Waals surface area (Å²) in [4.78, 5) is 37.4. The van der Waals surface area contributed by atoms with E-state index >= 15 is 0 Å². The first kappa shape index (κ1) is 19.7. The van der Waals surface area contributed by atoms with E-state index in [0.29, 0.717) is 5.06 Å². The molecule has 0 radical (unpaired) electrons. The van der Waals surface area contributed by atoms with Gasteiger partial charge in [-0.3, -0.25) is 25.0 Å². The van der Waals surface area contributed by atoms with Gasteiger partial charge in [-0.2, -0.15) is 13.5 Å². The summed E-state index contributed by atoms with van der Waals surface area (Å²) in [5.41, 5.74) is 3.14. The molecule has 3 N–H and O–H groups in total. The maximum atomic E-state index is 12.9. The van der Waals surface area contributed by atoms with Gasteiger partial charge in [0.2, 0.25) is 5.91 Å². The minimum atomic E-state index is -4.95. The second-order valence-electron chi connectivity index (χ2n) is 7.48. The molecule has 3 rings (SSSR count). The average molecular weight is 412 g/mol. The van der Waals surface area contributed by atoms with Crippen LogP contribution in [0.2, 0.25) is 0 Å². The van der Waals surface area contributed by atoms with Crippen LogP contribution in [0.1, 0.15) is 26.7 Å². The summed E-state index contributed by atoms with van der Waals surface area (Å²) >= 11 is 0. The Balaban J connectivity index is 1.69. The molecule has 2 bridgehead atoms. The molecule has 3 aliphatic rings.